The van der Waals surface area contributed by atoms with Crippen molar-refractivity contribution in [2.75, 3.05) is 6.54 Å². The Labute approximate surface area is 128 Å². The first-order valence-corrected chi connectivity index (χ1v) is 8.29. The number of carboxylic acid groups (broad SMARTS) is 1. The van der Waals surface area contributed by atoms with Crippen molar-refractivity contribution >= 4 is 11.9 Å². The highest BCUT2D eigenvalue weighted by Crippen LogP contribution is 2.12. The van der Waals surface area contributed by atoms with Crippen molar-refractivity contribution in [2.24, 2.45) is 0 Å². The lowest BCUT2D eigenvalue weighted by Crippen LogP contribution is -2.32. The molecule has 0 aromatic heterocycles. The van der Waals surface area contributed by atoms with Crippen LogP contribution in [0, 0.1) is 0 Å². The fourth-order valence-corrected chi connectivity index (χ4v) is 2.29. The van der Waals surface area contributed by atoms with E-state index < -0.39 is 18.4 Å². The first-order chi connectivity index (χ1) is 10.1. The smallest absolute Gasteiger partial charge is 0.325 e. The van der Waals surface area contributed by atoms with Gasteiger partial charge in [-0.15, -0.1) is 0 Å². The minimum Gasteiger partial charge on any atom is -0.480 e. The summed E-state index contributed by atoms with van der Waals surface area (Å²) >= 11 is 0. The van der Waals surface area contributed by atoms with Crippen LogP contribution in [-0.2, 0) is 9.59 Å². The minimum absolute atomic E-state index is 0.223. The van der Waals surface area contributed by atoms with Crippen molar-refractivity contribution in [3.8, 4) is 0 Å². The van der Waals surface area contributed by atoms with Gasteiger partial charge >= 0.3 is 5.97 Å². The summed E-state index contributed by atoms with van der Waals surface area (Å²) in [5.74, 6) is -1.71. The van der Waals surface area contributed by atoms with E-state index >= 15 is 0 Å². The Balaban J connectivity index is 3.28. The Bertz CT molecular complexity index is 281. The summed E-state index contributed by atoms with van der Waals surface area (Å²) in [5, 5.41) is 17.9. The molecule has 0 unspecified atom stereocenters. The van der Waals surface area contributed by atoms with Crippen LogP contribution in [0.3, 0.4) is 0 Å². The molecule has 2 N–H and O–H groups in total. The Kier molecular flexibility index (Phi) is 13.1. The van der Waals surface area contributed by atoms with Crippen molar-refractivity contribution in [1.82, 2.24) is 5.06 Å². The fourth-order valence-electron chi connectivity index (χ4n) is 2.29. The number of aliphatic carboxylic acids is 1. The second kappa shape index (κ2) is 13.9. The number of rotatable bonds is 14. The van der Waals surface area contributed by atoms with Crippen LogP contribution >= 0.6 is 0 Å². The van der Waals surface area contributed by atoms with Crippen molar-refractivity contribution in [1.29, 1.82) is 0 Å². The van der Waals surface area contributed by atoms with Gasteiger partial charge in [-0.3, -0.25) is 14.8 Å². The van der Waals surface area contributed by atoms with Crippen LogP contribution in [0.1, 0.15) is 84.0 Å². The summed E-state index contributed by atoms with van der Waals surface area (Å²) in [6.07, 6.45) is 13.4. The summed E-state index contributed by atoms with van der Waals surface area (Å²) in [4.78, 5) is 21.7. The van der Waals surface area contributed by atoms with Crippen LogP contribution in [0.5, 0.6) is 0 Å². The van der Waals surface area contributed by atoms with E-state index in [1.807, 2.05) is 0 Å². The molecular formula is C16H31NO4. The molecule has 0 radical (unpaired) electrons. The number of carbonyl (C=O) groups excluding carboxylic acids is 1. The molecule has 0 aliphatic rings. The summed E-state index contributed by atoms with van der Waals surface area (Å²) in [6, 6.07) is 0. The SMILES string of the molecule is CCCCCCCCCCCCCC(=O)N(O)CC(=O)O. The predicted molar refractivity (Wildman–Crippen MR) is 82.2 cm³/mol. The normalized spacial score (nSPS) is 10.6. The summed E-state index contributed by atoms with van der Waals surface area (Å²) in [7, 11) is 0. The number of amides is 1. The number of unbranched alkanes of at least 4 members (excludes halogenated alkanes) is 10. The molecular weight excluding hydrogens is 270 g/mol. The number of hydroxylamine groups is 2. The zero-order valence-electron chi connectivity index (χ0n) is 13.4. The molecule has 0 atom stereocenters. The summed E-state index contributed by atoms with van der Waals surface area (Å²) < 4.78 is 0. The Morgan fingerprint density at radius 2 is 1.24 bits per heavy atom. The standard InChI is InChI=1S/C16H31NO4/c1-2-3-4-5-6-7-8-9-10-11-12-13-15(18)17(21)14-16(19)20/h21H,2-14H2,1H3,(H,19,20). The van der Waals surface area contributed by atoms with Crippen LogP contribution in [-0.4, -0.2) is 33.8 Å². The van der Waals surface area contributed by atoms with Crippen molar-refractivity contribution in [3.05, 3.63) is 0 Å². The number of hydrogen-bond acceptors (Lipinski definition) is 3. The van der Waals surface area contributed by atoms with E-state index in [0.717, 1.165) is 12.8 Å². The number of carboxylic acids is 1. The van der Waals surface area contributed by atoms with Crippen molar-refractivity contribution < 1.29 is 19.9 Å². The molecule has 0 aromatic carbocycles. The van der Waals surface area contributed by atoms with Crippen LogP contribution in [0.2, 0.25) is 0 Å². The monoisotopic (exact) mass is 301 g/mol. The number of carbonyl (C=O) groups is 2. The lowest BCUT2D eigenvalue weighted by Gasteiger charge is -2.11. The molecule has 0 aromatic rings. The molecule has 0 aliphatic heterocycles. The lowest BCUT2D eigenvalue weighted by atomic mass is 10.1. The van der Waals surface area contributed by atoms with E-state index in [-0.39, 0.29) is 6.42 Å². The molecule has 124 valence electrons. The molecule has 0 rings (SSSR count). The van der Waals surface area contributed by atoms with Crippen LogP contribution < -0.4 is 0 Å². The van der Waals surface area contributed by atoms with E-state index in [1.54, 1.807) is 0 Å². The zero-order chi connectivity index (χ0) is 15.9. The quantitative estimate of drug-likeness (QED) is 0.289. The maximum absolute atomic E-state index is 11.4. The highest BCUT2D eigenvalue weighted by molar-refractivity contribution is 5.80. The first kappa shape index (κ1) is 19.9. The van der Waals surface area contributed by atoms with Crippen molar-refractivity contribution in [3.63, 3.8) is 0 Å². The molecule has 0 saturated carbocycles. The molecule has 0 bridgehead atoms. The van der Waals surface area contributed by atoms with E-state index in [4.69, 9.17) is 10.3 Å². The van der Waals surface area contributed by atoms with E-state index in [1.165, 1.54) is 51.4 Å². The van der Waals surface area contributed by atoms with E-state index in [9.17, 15) is 9.59 Å². The molecule has 21 heavy (non-hydrogen) atoms. The molecule has 0 saturated heterocycles. The van der Waals surface area contributed by atoms with Gasteiger partial charge in [0, 0.05) is 6.42 Å². The topological polar surface area (TPSA) is 77.8 Å². The van der Waals surface area contributed by atoms with Gasteiger partial charge < -0.3 is 5.11 Å². The predicted octanol–water partition coefficient (Wildman–Crippen LogP) is 3.99. The maximum Gasteiger partial charge on any atom is 0.325 e. The van der Waals surface area contributed by atoms with Crippen LogP contribution in [0.15, 0.2) is 0 Å². The third kappa shape index (κ3) is 13.6. The van der Waals surface area contributed by atoms with E-state index in [0.29, 0.717) is 11.5 Å². The average Bonchev–Trinajstić information content (AvgIpc) is 2.43. The first-order valence-electron chi connectivity index (χ1n) is 8.29. The molecule has 1 amide bonds. The Hall–Kier alpha value is -1.10. The second-order valence-electron chi connectivity index (χ2n) is 5.63. The van der Waals surface area contributed by atoms with Gasteiger partial charge in [0.2, 0.25) is 5.91 Å². The third-order valence-electron chi connectivity index (χ3n) is 3.57. The molecule has 0 heterocycles. The highest BCUT2D eigenvalue weighted by atomic mass is 16.5. The van der Waals surface area contributed by atoms with Gasteiger partial charge in [-0.2, -0.15) is 0 Å². The van der Waals surface area contributed by atoms with Gasteiger partial charge in [0.05, 0.1) is 0 Å². The van der Waals surface area contributed by atoms with Gasteiger partial charge in [0.15, 0.2) is 0 Å². The molecule has 5 nitrogen and oxygen atoms in total. The molecule has 5 heteroatoms. The molecule has 0 spiro atoms. The molecule has 0 aliphatic carbocycles. The minimum atomic E-state index is -1.20. The van der Waals surface area contributed by atoms with Crippen LogP contribution in [0.25, 0.3) is 0 Å². The average molecular weight is 301 g/mol. The Morgan fingerprint density at radius 3 is 1.67 bits per heavy atom. The lowest BCUT2D eigenvalue weighted by molar-refractivity contribution is -0.173. The number of hydrogen-bond donors (Lipinski definition) is 2. The van der Waals surface area contributed by atoms with Crippen LogP contribution in [0.4, 0.5) is 0 Å². The molecule has 0 fully saturated rings. The maximum atomic E-state index is 11.4. The van der Waals surface area contributed by atoms with Gasteiger partial charge in [0.25, 0.3) is 0 Å². The summed E-state index contributed by atoms with van der Waals surface area (Å²) in [6.45, 7) is 1.58. The van der Waals surface area contributed by atoms with Gasteiger partial charge in [-0.25, -0.2) is 5.06 Å². The second-order valence-corrected chi connectivity index (χ2v) is 5.63. The van der Waals surface area contributed by atoms with Gasteiger partial charge in [0.1, 0.15) is 6.54 Å². The van der Waals surface area contributed by atoms with Crippen molar-refractivity contribution in [2.45, 2.75) is 84.0 Å². The summed E-state index contributed by atoms with van der Waals surface area (Å²) in [5.41, 5.74) is 0. The van der Waals surface area contributed by atoms with E-state index in [2.05, 4.69) is 6.92 Å². The highest BCUT2D eigenvalue weighted by Gasteiger charge is 2.13. The fraction of sp³-hybridized carbons (Fsp3) is 0.875. The van der Waals surface area contributed by atoms with Gasteiger partial charge in [-0.1, -0.05) is 71.1 Å². The van der Waals surface area contributed by atoms with Gasteiger partial charge in [-0.05, 0) is 6.42 Å². The third-order valence-corrected chi connectivity index (χ3v) is 3.57. The Morgan fingerprint density at radius 1 is 0.810 bits per heavy atom. The number of nitrogens with zero attached hydrogens (tertiary/aromatic N) is 1. The largest absolute Gasteiger partial charge is 0.480 e. The zero-order valence-corrected chi connectivity index (χ0v) is 13.4.